The molecular formula is C6H11ClO3. The topological polar surface area (TPSA) is 57.5 Å². The van der Waals surface area contributed by atoms with Gasteiger partial charge in [0, 0.05) is 18.7 Å². The average molecular weight is 167 g/mol. The Hall–Kier alpha value is -0.120. The number of carbonyl (C=O) groups excluding carboxylic acids is 1. The molecular weight excluding hydrogens is 156 g/mol. The van der Waals surface area contributed by atoms with Crippen LogP contribution in [0.3, 0.4) is 0 Å². The molecule has 0 aromatic carbocycles. The lowest BCUT2D eigenvalue weighted by molar-refractivity contribution is -0.109. The van der Waals surface area contributed by atoms with Gasteiger partial charge in [0.1, 0.15) is 6.29 Å². The molecule has 0 unspecified atom stereocenters. The van der Waals surface area contributed by atoms with E-state index in [2.05, 4.69) is 0 Å². The molecule has 4 heteroatoms. The second kappa shape index (κ2) is 5.65. The lowest BCUT2D eigenvalue weighted by Gasteiger charge is -2.09. The second-order valence-electron chi connectivity index (χ2n) is 2.10. The number of carbonyl (C=O) groups is 1. The number of rotatable bonds is 5. The summed E-state index contributed by atoms with van der Waals surface area (Å²) in [5.41, 5.74) is 0. The Morgan fingerprint density at radius 3 is 2.40 bits per heavy atom. The first-order valence-corrected chi connectivity index (χ1v) is 3.60. The minimum Gasteiger partial charge on any atom is -0.393 e. The standard InChI is InChI=1S/C6H11ClO3/c7-4-6(10)3-5(9)1-2-8/h2,5-6,9-10H,1,3-4H2/t5-,6-/m0/s1. The third kappa shape index (κ3) is 4.73. The molecule has 3 nitrogen and oxygen atoms in total. The normalized spacial score (nSPS) is 16.3. The molecule has 0 aliphatic rings. The van der Waals surface area contributed by atoms with Crippen molar-refractivity contribution in [2.75, 3.05) is 5.88 Å². The summed E-state index contributed by atoms with van der Waals surface area (Å²) in [6.07, 6.45) is -0.621. The molecule has 2 atom stereocenters. The summed E-state index contributed by atoms with van der Waals surface area (Å²) in [7, 11) is 0. The highest BCUT2D eigenvalue weighted by atomic mass is 35.5. The zero-order valence-corrected chi connectivity index (χ0v) is 6.29. The Bertz CT molecular complexity index is 97.0. The highest BCUT2D eigenvalue weighted by molar-refractivity contribution is 6.18. The smallest absolute Gasteiger partial charge is 0.122 e. The molecule has 0 aromatic rings. The van der Waals surface area contributed by atoms with Gasteiger partial charge in [0.05, 0.1) is 12.2 Å². The summed E-state index contributed by atoms with van der Waals surface area (Å²) in [6.45, 7) is 0. The van der Waals surface area contributed by atoms with Gasteiger partial charge in [-0.15, -0.1) is 11.6 Å². The fourth-order valence-electron chi connectivity index (χ4n) is 0.584. The zero-order valence-electron chi connectivity index (χ0n) is 5.53. The second-order valence-corrected chi connectivity index (χ2v) is 2.41. The number of hydrogen-bond donors (Lipinski definition) is 2. The van der Waals surface area contributed by atoms with Gasteiger partial charge in [0.25, 0.3) is 0 Å². The molecule has 0 radical (unpaired) electrons. The number of hydrogen-bond acceptors (Lipinski definition) is 3. The minimum atomic E-state index is -0.758. The third-order valence-corrected chi connectivity index (χ3v) is 1.45. The van der Waals surface area contributed by atoms with Crippen LogP contribution in [0.1, 0.15) is 12.8 Å². The fraction of sp³-hybridized carbons (Fsp3) is 0.833. The first-order valence-electron chi connectivity index (χ1n) is 3.06. The van der Waals surface area contributed by atoms with Crippen LogP contribution in [0.4, 0.5) is 0 Å². The molecule has 0 amide bonds. The van der Waals surface area contributed by atoms with Crippen molar-refractivity contribution in [3.63, 3.8) is 0 Å². The van der Waals surface area contributed by atoms with Crippen molar-refractivity contribution in [2.45, 2.75) is 25.0 Å². The molecule has 60 valence electrons. The lowest BCUT2D eigenvalue weighted by atomic mass is 10.1. The summed E-state index contributed by atoms with van der Waals surface area (Å²) < 4.78 is 0. The summed E-state index contributed by atoms with van der Waals surface area (Å²) in [5, 5.41) is 17.7. The van der Waals surface area contributed by atoms with Crippen LogP contribution in [0, 0.1) is 0 Å². The molecule has 0 fully saturated rings. The van der Waals surface area contributed by atoms with Crippen molar-refractivity contribution in [2.24, 2.45) is 0 Å². The molecule has 0 spiro atoms. The Kier molecular flexibility index (Phi) is 5.58. The van der Waals surface area contributed by atoms with Crippen LogP contribution in [-0.2, 0) is 4.79 Å². The number of aldehydes is 1. The van der Waals surface area contributed by atoms with Gasteiger partial charge >= 0.3 is 0 Å². The maximum absolute atomic E-state index is 9.81. The zero-order chi connectivity index (χ0) is 7.98. The third-order valence-electron chi connectivity index (χ3n) is 1.09. The van der Waals surface area contributed by atoms with Crippen molar-refractivity contribution in [3.8, 4) is 0 Å². The average Bonchev–Trinajstić information content (AvgIpc) is 1.88. The number of alkyl halides is 1. The van der Waals surface area contributed by atoms with E-state index in [4.69, 9.17) is 21.8 Å². The Morgan fingerprint density at radius 2 is 2.00 bits per heavy atom. The molecule has 0 heterocycles. The maximum atomic E-state index is 9.81. The SMILES string of the molecule is O=CC[C@H](O)C[C@H](O)CCl. The quantitative estimate of drug-likeness (QED) is 0.444. The first-order chi connectivity index (χ1) is 4.70. The van der Waals surface area contributed by atoms with Crippen molar-refractivity contribution in [1.82, 2.24) is 0 Å². The van der Waals surface area contributed by atoms with Gasteiger partial charge in [-0.05, 0) is 0 Å². The van der Waals surface area contributed by atoms with Gasteiger partial charge in [-0.25, -0.2) is 0 Å². The molecule has 0 aliphatic heterocycles. The minimum absolute atomic E-state index is 0.0634. The van der Waals surface area contributed by atoms with E-state index >= 15 is 0 Å². The number of aliphatic hydroxyl groups is 2. The van der Waals surface area contributed by atoms with E-state index in [1.807, 2.05) is 0 Å². The van der Waals surface area contributed by atoms with E-state index in [1.54, 1.807) is 0 Å². The molecule has 0 saturated carbocycles. The predicted molar refractivity (Wildman–Crippen MR) is 38.0 cm³/mol. The van der Waals surface area contributed by atoms with E-state index < -0.39 is 12.2 Å². The molecule has 0 aromatic heterocycles. The number of halogens is 1. The maximum Gasteiger partial charge on any atom is 0.122 e. The van der Waals surface area contributed by atoms with Crippen molar-refractivity contribution >= 4 is 17.9 Å². The van der Waals surface area contributed by atoms with Crippen LogP contribution >= 0.6 is 11.6 Å². The molecule has 0 aliphatic carbocycles. The van der Waals surface area contributed by atoms with Crippen LogP contribution in [0.5, 0.6) is 0 Å². The van der Waals surface area contributed by atoms with Gasteiger partial charge in [0.15, 0.2) is 0 Å². The van der Waals surface area contributed by atoms with Crippen LogP contribution in [0.2, 0.25) is 0 Å². The van der Waals surface area contributed by atoms with Gasteiger partial charge in [0.2, 0.25) is 0 Å². The molecule has 10 heavy (non-hydrogen) atoms. The highest BCUT2D eigenvalue weighted by Crippen LogP contribution is 2.01. The van der Waals surface area contributed by atoms with Crippen molar-refractivity contribution in [1.29, 1.82) is 0 Å². The Balaban J connectivity index is 3.35. The van der Waals surface area contributed by atoms with E-state index in [0.29, 0.717) is 6.29 Å². The van der Waals surface area contributed by atoms with E-state index in [0.717, 1.165) is 0 Å². The largest absolute Gasteiger partial charge is 0.393 e. The highest BCUT2D eigenvalue weighted by Gasteiger charge is 2.09. The molecule has 0 rings (SSSR count). The van der Waals surface area contributed by atoms with Crippen LogP contribution < -0.4 is 0 Å². The summed E-state index contributed by atoms with van der Waals surface area (Å²) >= 11 is 5.25. The van der Waals surface area contributed by atoms with Gasteiger partial charge < -0.3 is 15.0 Å². The first kappa shape index (κ1) is 9.88. The Morgan fingerprint density at radius 1 is 1.40 bits per heavy atom. The fourth-order valence-corrected chi connectivity index (χ4v) is 0.710. The molecule has 0 saturated heterocycles. The predicted octanol–water partition coefficient (Wildman–Crippen LogP) is -0.0739. The van der Waals surface area contributed by atoms with Crippen molar-refractivity contribution < 1.29 is 15.0 Å². The van der Waals surface area contributed by atoms with Gasteiger partial charge in [-0.3, -0.25) is 0 Å². The monoisotopic (exact) mass is 166 g/mol. The molecule has 0 bridgehead atoms. The van der Waals surface area contributed by atoms with Gasteiger partial charge in [-0.2, -0.15) is 0 Å². The van der Waals surface area contributed by atoms with Crippen LogP contribution in [0.15, 0.2) is 0 Å². The van der Waals surface area contributed by atoms with Gasteiger partial charge in [-0.1, -0.05) is 0 Å². The number of aliphatic hydroxyl groups excluding tert-OH is 2. The summed E-state index contributed by atoms with van der Waals surface area (Å²) in [5.74, 6) is 0.0932. The lowest BCUT2D eigenvalue weighted by Crippen LogP contribution is -2.18. The van der Waals surface area contributed by atoms with E-state index in [-0.39, 0.29) is 18.7 Å². The Labute approximate surface area is 64.6 Å². The van der Waals surface area contributed by atoms with E-state index in [9.17, 15) is 4.79 Å². The summed E-state index contributed by atoms with van der Waals surface area (Å²) in [6, 6.07) is 0. The van der Waals surface area contributed by atoms with E-state index in [1.165, 1.54) is 0 Å². The van der Waals surface area contributed by atoms with Crippen LogP contribution in [-0.4, -0.2) is 34.6 Å². The van der Waals surface area contributed by atoms with Crippen LogP contribution in [0.25, 0.3) is 0 Å². The summed E-state index contributed by atoms with van der Waals surface area (Å²) in [4.78, 5) is 9.81. The molecule has 2 N–H and O–H groups in total. The van der Waals surface area contributed by atoms with Crippen molar-refractivity contribution in [3.05, 3.63) is 0 Å².